The largest absolute Gasteiger partial charge is 0.457 e. The zero-order valence-electron chi connectivity index (χ0n) is 21.1. The molecule has 1 fully saturated rings. The molecule has 5 heterocycles. The third-order valence-corrected chi connectivity index (χ3v) is 7.84. The summed E-state index contributed by atoms with van der Waals surface area (Å²) in [7, 11) is 0. The monoisotopic (exact) mass is 566 g/mol. The van der Waals surface area contributed by atoms with E-state index in [2.05, 4.69) is 0 Å². The predicted octanol–water partition coefficient (Wildman–Crippen LogP) is 5.88. The Morgan fingerprint density at radius 3 is 2.41 bits per heavy atom. The maximum atomic E-state index is 13.8. The number of furan rings is 1. The fraction of sp³-hybridized carbons (Fsp3) is 0.100. The topological polar surface area (TPSA) is 109 Å². The normalized spacial score (nSPS) is 18.5. The van der Waals surface area contributed by atoms with Gasteiger partial charge >= 0.3 is 5.97 Å². The molecule has 0 saturated carbocycles. The number of ether oxygens (including phenoxy) is 5. The van der Waals surface area contributed by atoms with E-state index in [0.717, 1.165) is 11.1 Å². The number of carbonyl (C=O) groups excluding carboxylic acids is 2. The molecular formula is C30H18N2O8S. The van der Waals surface area contributed by atoms with Gasteiger partial charge in [0.05, 0.1) is 21.8 Å². The van der Waals surface area contributed by atoms with Crippen LogP contribution in [-0.2, 0) is 16.1 Å². The van der Waals surface area contributed by atoms with Gasteiger partial charge in [0.25, 0.3) is 5.91 Å². The van der Waals surface area contributed by atoms with Crippen molar-refractivity contribution < 1.29 is 37.7 Å². The molecule has 202 valence electrons. The minimum Gasteiger partial charge on any atom is -0.457 e. The lowest BCUT2D eigenvalue weighted by atomic mass is 10.0. The molecule has 0 N–H and O–H groups in total. The minimum atomic E-state index is -0.321. The summed E-state index contributed by atoms with van der Waals surface area (Å²) < 4.78 is 33.1. The molecule has 4 aromatic rings. The average Bonchev–Trinajstić information content (AvgIpc) is 3.81. The standard InChI is InChI=1S/C30H18N2O8S/c33-28-27(12-20-4-8-22(40-20)16-1-5-21-17(9-16)13-35-29(21)34)41-30(31-18-2-6-23-25(10-18)38-14-36-23)32(28)19-3-7-24-26(11-19)39-15-37-24/h1-12H,13-15H2/b27-12-,31-30?. The van der Waals surface area contributed by atoms with E-state index in [9.17, 15) is 9.59 Å². The molecule has 0 radical (unpaired) electrons. The van der Waals surface area contributed by atoms with Crippen molar-refractivity contribution in [2.45, 2.75) is 6.61 Å². The van der Waals surface area contributed by atoms with E-state index in [1.165, 1.54) is 16.7 Å². The highest BCUT2D eigenvalue weighted by atomic mass is 32.2. The van der Waals surface area contributed by atoms with Gasteiger partial charge in [-0.3, -0.25) is 9.69 Å². The number of benzene rings is 3. The Labute approximate surface area is 236 Å². The van der Waals surface area contributed by atoms with Crippen molar-refractivity contribution in [3.63, 3.8) is 0 Å². The van der Waals surface area contributed by atoms with Crippen LogP contribution in [-0.4, -0.2) is 30.6 Å². The van der Waals surface area contributed by atoms with E-state index in [1.807, 2.05) is 18.2 Å². The Balaban J connectivity index is 1.14. The molecule has 4 aliphatic heterocycles. The summed E-state index contributed by atoms with van der Waals surface area (Å²) in [6.45, 7) is 0.520. The van der Waals surface area contributed by atoms with Gasteiger partial charge < -0.3 is 28.1 Å². The van der Waals surface area contributed by atoms with E-state index in [1.54, 1.807) is 54.6 Å². The van der Waals surface area contributed by atoms with Gasteiger partial charge in [-0.25, -0.2) is 9.79 Å². The number of fused-ring (bicyclic) bond motifs is 3. The summed E-state index contributed by atoms with van der Waals surface area (Å²) in [6.07, 6.45) is 1.69. The molecule has 11 heteroatoms. The van der Waals surface area contributed by atoms with Crippen LogP contribution in [0.4, 0.5) is 11.4 Å². The maximum Gasteiger partial charge on any atom is 0.338 e. The van der Waals surface area contributed by atoms with Crippen molar-refractivity contribution in [3.8, 4) is 34.3 Å². The van der Waals surface area contributed by atoms with Crippen LogP contribution in [0.2, 0.25) is 0 Å². The fourth-order valence-electron chi connectivity index (χ4n) is 4.87. The first-order valence-electron chi connectivity index (χ1n) is 12.6. The van der Waals surface area contributed by atoms with Gasteiger partial charge in [0, 0.05) is 29.3 Å². The summed E-state index contributed by atoms with van der Waals surface area (Å²) in [5.74, 6) is 2.93. The number of hydrogen-bond donors (Lipinski definition) is 0. The first-order chi connectivity index (χ1) is 20.1. The number of carbonyl (C=O) groups is 2. The van der Waals surface area contributed by atoms with Crippen LogP contribution in [0.5, 0.6) is 23.0 Å². The number of esters is 1. The number of nitrogens with zero attached hydrogens (tertiary/aromatic N) is 2. The molecule has 0 unspecified atom stereocenters. The third kappa shape index (κ3) is 4.09. The lowest BCUT2D eigenvalue weighted by Gasteiger charge is -2.16. The van der Waals surface area contributed by atoms with Crippen molar-refractivity contribution in [3.05, 3.63) is 88.5 Å². The number of aliphatic imine (C=N–C) groups is 1. The van der Waals surface area contributed by atoms with Crippen LogP contribution < -0.4 is 23.8 Å². The molecule has 3 aromatic carbocycles. The lowest BCUT2D eigenvalue weighted by molar-refractivity contribution is -0.113. The molecule has 8 rings (SSSR count). The van der Waals surface area contributed by atoms with Gasteiger partial charge in [-0.1, -0.05) is 6.07 Å². The van der Waals surface area contributed by atoms with Gasteiger partial charge in [-0.15, -0.1) is 0 Å². The minimum absolute atomic E-state index is 0.124. The van der Waals surface area contributed by atoms with E-state index >= 15 is 0 Å². The quantitative estimate of drug-likeness (QED) is 0.221. The van der Waals surface area contributed by atoms with E-state index < -0.39 is 0 Å². The summed E-state index contributed by atoms with van der Waals surface area (Å²) in [5.41, 5.74) is 3.38. The highest BCUT2D eigenvalue weighted by molar-refractivity contribution is 8.19. The van der Waals surface area contributed by atoms with E-state index in [4.69, 9.17) is 33.1 Å². The second kappa shape index (κ2) is 9.20. The Kier molecular flexibility index (Phi) is 5.32. The molecule has 0 atom stereocenters. The number of cyclic esters (lactones) is 1. The number of amidine groups is 1. The molecule has 10 nitrogen and oxygen atoms in total. The molecule has 1 aromatic heterocycles. The van der Waals surface area contributed by atoms with Crippen LogP contribution in [0.1, 0.15) is 21.7 Å². The molecule has 0 aliphatic carbocycles. The first-order valence-corrected chi connectivity index (χ1v) is 13.4. The van der Waals surface area contributed by atoms with Gasteiger partial charge in [0.2, 0.25) is 13.6 Å². The second-order valence-corrected chi connectivity index (χ2v) is 10.4. The Bertz CT molecular complexity index is 1840. The van der Waals surface area contributed by atoms with Crippen LogP contribution in [0.15, 0.2) is 81.0 Å². The summed E-state index contributed by atoms with van der Waals surface area (Å²) in [4.78, 5) is 32.3. The highest BCUT2D eigenvalue weighted by Gasteiger charge is 2.36. The molecule has 4 aliphatic rings. The Hall–Kier alpha value is -5.16. The van der Waals surface area contributed by atoms with Gasteiger partial charge in [0.1, 0.15) is 18.1 Å². The van der Waals surface area contributed by atoms with Crippen LogP contribution in [0.3, 0.4) is 0 Å². The number of hydrogen-bond acceptors (Lipinski definition) is 10. The van der Waals surface area contributed by atoms with Gasteiger partial charge in [-0.2, -0.15) is 0 Å². The molecule has 0 spiro atoms. The van der Waals surface area contributed by atoms with Crippen molar-refractivity contribution in [2.24, 2.45) is 4.99 Å². The zero-order chi connectivity index (χ0) is 27.5. The van der Waals surface area contributed by atoms with Crippen molar-refractivity contribution in [2.75, 3.05) is 18.5 Å². The Morgan fingerprint density at radius 2 is 1.56 bits per heavy atom. The summed E-state index contributed by atoms with van der Waals surface area (Å²) in [6, 6.07) is 19.7. The van der Waals surface area contributed by atoms with Gasteiger partial charge in [0.15, 0.2) is 28.2 Å². The van der Waals surface area contributed by atoms with Crippen molar-refractivity contribution in [1.82, 2.24) is 0 Å². The Morgan fingerprint density at radius 1 is 0.780 bits per heavy atom. The third-order valence-electron chi connectivity index (χ3n) is 6.87. The highest BCUT2D eigenvalue weighted by Crippen LogP contribution is 2.43. The lowest BCUT2D eigenvalue weighted by Crippen LogP contribution is -2.28. The average molecular weight is 567 g/mol. The second-order valence-electron chi connectivity index (χ2n) is 9.37. The van der Waals surface area contributed by atoms with Crippen LogP contribution in [0, 0.1) is 0 Å². The molecule has 1 amide bonds. The number of rotatable bonds is 4. The fourth-order valence-corrected chi connectivity index (χ4v) is 5.85. The summed E-state index contributed by atoms with van der Waals surface area (Å²) >= 11 is 1.23. The predicted molar refractivity (Wildman–Crippen MR) is 149 cm³/mol. The SMILES string of the molecule is O=C1OCc2cc(-c3ccc(/C=C4\SC(=Nc5ccc6c(c5)OCO6)N(c5ccc6c(c5)OCO6)C4=O)o3)ccc21. The summed E-state index contributed by atoms with van der Waals surface area (Å²) in [5, 5.41) is 0.453. The number of amides is 1. The zero-order valence-corrected chi connectivity index (χ0v) is 21.9. The molecule has 41 heavy (non-hydrogen) atoms. The van der Waals surface area contributed by atoms with E-state index in [-0.39, 0.29) is 32.1 Å². The maximum absolute atomic E-state index is 13.8. The van der Waals surface area contributed by atoms with Crippen molar-refractivity contribution >= 4 is 46.3 Å². The molecule has 0 bridgehead atoms. The molecular weight excluding hydrogens is 548 g/mol. The van der Waals surface area contributed by atoms with Gasteiger partial charge in [-0.05, 0) is 60.3 Å². The van der Waals surface area contributed by atoms with Crippen LogP contribution in [0.25, 0.3) is 17.4 Å². The number of anilines is 1. The van der Waals surface area contributed by atoms with Crippen LogP contribution >= 0.6 is 11.8 Å². The van der Waals surface area contributed by atoms with Crippen molar-refractivity contribution in [1.29, 1.82) is 0 Å². The number of thioether (sulfide) groups is 1. The molecule has 1 saturated heterocycles. The first kappa shape index (κ1) is 23.7. The van der Waals surface area contributed by atoms with E-state index in [0.29, 0.717) is 61.5 Å². The smallest absolute Gasteiger partial charge is 0.338 e.